The van der Waals surface area contributed by atoms with Crippen LogP contribution in [0.2, 0.25) is 0 Å². The lowest BCUT2D eigenvalue weighted by molar-refractivity contribution is 0.0132. The maximum atomic E-state index is 12.1. The van der Waals surface area contributed by atoms with Crippen LogP contribution in [0.3, 0.4) is 0 Å². The van der Waals surface area contributed by atoms with Crippen molar-refractivity contribution in [3.05, 3.63) is 16.1 Å². The number of ether oxygens (including phenoxy) is 1. The Labute approximate surface area is 172 Å². The molecule has 1 saturated heterocycles. The van der Waals surface area contributed by atoms with Gasteiger partial charge in [-0.15, -0.1) is 11.3 Å². The fourth-order valence-electron chi connectivity index (χ4n) is 3.24. The Morgan fingerprint density at radius 2 is 2.00 bits per heavy atom. The number of morpholine rings is 1. The minimum absolute atomic E-state index is 0.0749. The van der Waals surface area contributed by atoms with Gasteiger partial charge in [0, 0.05) is 45.8 Å². The predicted octanol–water partition coefficient (Wildman–Crippen LogP) is 1.09. The average Bonchev–Trinajstić information content (AvgIpc) is 3.12. The van der Waals surface area contributed by atoms with E-state index in [-0.39, 0.29) is 5.91 Å². The van der Waals surface area contributed by atoms with Crippen molar-refractivity contribution in [1.82, 2.24) is 25.8 Å². The van der Waals surface area contributed by atoms with E-state index in [0.29, 0.717) is 29.9 Å². The molecule has 0 aromatic carbocycles. The number of guanidine groups is 1. The van der Waals surface area contributed by atoms with Crippen LogP contribution < -0.4 is 16.0 Å². The van der Waals surface area contributed by atoms with Gasteiger partial charge in [0.1, 0.15) is 4.88 Å². The minimum Gasteiger partial charge on any atom is -0.379 e. The average molecular weight is 411 g/mol. The predicted molar refractivity (Wildman–Crippen MR) is 114 cm³/mol. The molecule has 158 valence electrons. The van der Waals surface area contributed by atoms with Crippen LogP contribution in [0.5, 0.6) is 0 Å². The number of amides is 1. The van der Waals surface area contributed by atoms with E-state index in [9.17, 15) is 4.79 Å². The van der Waals surface area contributed by atoms with Crippen molar-refractivity contribution in [3.63, 3.8) is 0 Å². The Kier molecular flexibility index (Phi) is 9.66. The Bertz CT molecular complexity index is 628. The van der Waals surface area contributed by atoms with E-state index >= 15 is 0 Å². The zero-order chi connectivity index (χ0) is 20.4. The van der Waals surface area contributed by atoms with Crippen LogP contribution in [0.15, 0.2) is 10.5 Å². The van der Waals surface area contributed by atoms with E-state index in [1.807, 2.05) is 6.92 Å². The van der Waals surface area contributed by atoms with Crippen LogP contribution >= 0.6 is 11.3 Å². The highest BCUT2D eigenvalue weighted by atomic mass is 32.1. The molecule has 0 aliphatic carbocycles. The monoisotopic (exact) mass is 410 g/mol. The highest BCUT2D eigenvalue weighted by Gasteiger charge is 2.22. The van der Waals surface area contributed by atoms with Crippen LogP contribution in [0.4, 0.5) is 0 Å². The van der Waals surface area contributed by atoms with Crippen molar-refractivity contribution < 1.29 is 9.53 Å². The van der Waals surface area contributed by atoms with Gasteiger partial charge in [-0.1, -0.05) is 13.8 Å². The van der Waals surface area contributed by atoms with Gasteiger partial charge < -0.3 is 20.7 Å². The first-order valence-electron chi connectivity index (χ1n) is 9.95. The van der Waals surface area contributed by atoms with E-state index in [1.165, 1.54) is 11.3 Å². The standard InChI is InChI=1S/C19H34N6O2S/c1-14(2)11-16(25-7-9-27-10-8-25)12-23-19(20-4)22-6-5-21-18(26)17-15(3)24-13-28-17/h13-14,16H,5-12H2,1-4H3,(H,21,26)(H2,20,22,23). The van der Waals surface area contributed by atoms with E-state index in [2.05, 4.69) is 44.7 Å². The summed E-state index contributed by atoms with van der Waals surface area (Å²) in [7, 11) is 1.76. The van der Waals surface area contributed by atoms with Crippen LogP contribution in [-0.4, -0.2) is 80.8 Å². The van der Waals surface area contributed by atoms with Gasteiger partial charge in [0.25, 0.3) is 5.91 Å². The van der Waals surface area contributed by atoms with Gasteiger partial charge in [-0.25, -0.2) is 4.98 Å². The summed E-state index contributed by atoms with van der Waals surface area (Å²) < 4.78 is 5.48. The minimum atomic E-state index is -0.0749. The Morgan fingerprint density at radius 3 is 2.61 bits per heavy atom. The second-order valence-electron chi connectivity index (χ2n) is 7.33. The fraction of sp³-hybridized carbons (Fsp3) is 0.737. The van der Waals surface area contributed by atoms with E-state index in [1.54, 1.807) is 12.6 Å². The van der Waals surface area contributed by atoms with Crippen LogP contribution in [-0.2, 0) is 4.74 Å². The highest BCUT2D eigenvalue weighted by molar-refractivity contribution is 7.11. The number of carbonyl (C=O) groups excluding carboxylic acids is 1. The van der Waals surface area contributed by atoms with Crippen LogP contribution in [0.1, 0.15) is 35.6 Å². The second-order valence-corrected chi connectivity index (χ2v) is 8.19. The van der Waals surface area contributed by atoms with Crippen molar-refractivity contribution in [2.45, 2.75) is 33.2 Å². The van der Waals surface area contributed by atoms with Gasteiger partial charge in [-0.3, -0.25) is 14.7 Å². The molecule has 2 rings (SSSR count). The topological polar surface area (TPSA) is 90.9 Å². The maximum Gasteiger partial charge on any atom is 0.263 e. The molecule has 28 heavy (non-hydrogen) atoms. The number of hydrogen-bond donors (Lipinski definition) is 3. The number of thiazole rings is 1. The van der Waals surface area contributed by atoms with Crippen LogP contribution in [0.25, 0.3) is 0 Å². The molecule has 0 spiro atoms. The number of carbonyl (C=O) groups is 1. The molecule has 3 N–H and O–H groups in total. The number of hydrogen-bond acceptors (Lipinski definition) is 6. The van der Waals surface area contributed by atoms with Gasteiger partial charge in [0.2, 0.25) is 0 Å². The molecule has 0 bridgehead atoms. The Hall–Kier alpha value is -1.71. The number of rotatable bonds is 9. The summed E-state index contributed by atoms with van der Waals surface area (Å²) in [4.78, 5) is 23.7. The zero-order valence-corrected chi connectivity index (χ0v) is 18.3. The normalized spacial score (nSPS) is 16.8. The Balaban J connectivity index is 1.73. The summed E-state index contributed by atoms with van der Waals surface area (Å²) in [5, 5.41) is 9.61. The summed E-state index contributed by atoms with van der Waals surface area (Å²) in [6, 6.07) is 0.455. The largest absolute Gasteiger partial charge is 0.379 e. The third-order valence-electron chi connectivity index (χ3n) is 4.69. The summed E-state index contributed by atoms with van der Waals surface area (Å²) in [6.45, 7) is 11.9. The molecule has 1 atom stereocenters. The van der Waals surface area contributed by atoms with Crippen LogP contribution in [0, 0.1) is 12.8 Å². The molecule has 0 radical (unpaired) electrons. The first-order valence-corrected chi connectivity index (χ1v) is 10.8. The lowest BCUT2D eigenvalue weighted by Gasteiger charge is -2.35. The molecule has 1 unspecified atom stereocenters. The second kappa shape index (κ2) is 12.0. The van der Waals surface area contributed by atoms with Gasteiger partial charge >= 0.3 is 0 Å². The van der Waals surface area contributed by atoms with Gasteiger partial charge in [0.15, 0.2) is 5.96 Å². The van der Waals surface area contributed by atoms with Crippen molar-refractivity contribution >= 4 is 23.2 Å². The SMILES string of the molecule is CN=C(NCCNC(=O)c1scnc1C)NCC(CC(C)C)N1CCOCC1. The smallest absolute Gasteiger partial charge is 0.263 e. The van der Waals surface area contributed by atoms with E-state index < -0.39 is 0 Å². The lowest BCUT2D eigenvalue weighted by Crippen LogP contribution is -2.51. The highest BCUT2D eigenvalue weighted by Crippen LogP contribution is 2.13. The van der Waals surface area contributed by atoms with E-state index in [4.69, 9.17) is 4.74 Å². The van der Waals surface area contributed by atoms with Gasteiger partial charge in [-0.05, 0) is 19.3 Å². The molecule has 0 saturated carbocycles. The summed E-state index contributed by atoms with van der Waals surface area (Å²) in [6.07, 6.45) is 1.13. The lowest BCUT2D eigenvalue weighted by atomic mass is 10.0. The number of aryl methyl sites for hydroxylation is 1. The summed E-state index contributed by atoms with van der Waals surface area (Å²) in [5.41, 5.74) is 2.46. The van der Waals surface area contributed by atoms with Gasteiger partial charge in [0.05, 0.1) is 24.4 Å². The number of aliphatic imine (C=N–C) groups is 1. The van der Waals surface area contributed by atoms with Gasteiger partial charge in [-0.2, -0.15) is 0 Å². The maximum absolute atomic E-state index is 12.1. The molecular formula is C19H34N6O2S. The summed E-state index contributed by atoms with van der Waals surface area (Å²) >= 11 is 1.36. The van der Waals surface area contributed by atoms with E-state index in [0.717, 1.165) is 50.9 Å². The molecule has 1 fully saturated rings. The molecule has 9 heteroatoms. The van der Waals surface area contributed by atoms with Crippen molar-refractivity contribution in [2.24, 2.45) is 10.9 Å². The third kappa shape index (κ3) is 7.37. The molecule has 1 amide bonds. The van der Waals surface area contributed by atoms with Crippen molar-refractivity contribution in [1.29, 1.82) is 0 Å². The number of nitrogens with one attached hydrogen (secondary N) is 3. The van der Waals surface area contributed by atoms with Crippen molar-refractivity contribution in [3.8, 4) is 0 Å². The quantitative estimate of drug-likeness (QED) is 0.321. The molecule has 1 aliphatic heterocycles. The molecule has 1 aromatic rings. The molecule has 1 aromatic heterocycles. The third-order valence-corrected chi connectivity index (χ3v) is 5.62. The number of aromatic nitrogens is 1. The summed E-state index contributed by atoms with van der Waals surface area (Å²) in [5.74, 6) is 1.31. The number of nitrogens with zero attached hydrogens (tertiary/aromatic N) is 3. The first-order chi connectivity index (χ1) is 13.5. The fourth-order valence-corrected chi connectivity index (χ4v) is 3.96. The zero-order valence-electron chi connectivity index (χ0n) is 17.5. The van der Waals surface area contributed by atoms with Crippen molar-refractivity contribution in [2.75, 3.05) is 53.0 Å². The molecular weight excluding hydrogens is 376 g/mol. The molecule has 1 aliphatic rings. The Morgan fingerprint density at radius 1 is 1.29 bits per heavy atom. The molecule has 2 heterocycles. The molecule has 8 nitrogen and oxygen atoms in total. The first kappa shape index (κ1) is 22.6.